The molecule has 3 aromatic rings. The van der Waals surface area contributed by atoms with E-state index in [4.69, 9.17) is 12.3 Å². The van der Waals surface area contributed by atoms with Gasteiger partial charge in [0.05, 0.1) is 0 Å². The Morgan fingerprint density at radius 2 is 1.10 bits per heavy atom. The molecular weight excluding hydrogens is 351 g/mol. The fourth-order valence-corrected chi connectivity index (χ4v) is 3.98. The molecular formula is C27H37BO. The first-order valence-electron chi connectivity index (χ1n) is 11.2. The molecule has 0 aliphatic heterocycles. The van der Waals surface area contributed by atoms with E-state index in [-0.39, 0.29) is 16.2 Å². The van der Waals surface area contributed by atoms with Gasteiger partial charge in [0, 0.05) is 21.9 Å². The Bertz CT molecular complexity index is 1050. The fourth-order valence-electron chi connectivity index (χ4n) is 3.98. The molecule has 0 atom stereocenters. The summed E-state index contributed by atoms with van der Waals surface area (Å²) < 4.78 is 6.69. The van der Waals surface area contributed by atoms with Crippen molar-refractivity contribution in [1.82, 2.24) is 0 Å². The SMILES string of the molecule is [B]c1cc(C(C)(C)CC)c2oc3c(C(C)(C)CC)cc(C(C)(C)CC)cc3c2c1. The van der Waals surface area contributed by atoms with Crippen molar-refractivity contribution in [2.24, 2.45) is 0 Å². The molecule has 0 unspecified atom stereocenters. The summed E-state index contributed by atoms with van der Waals surface area (Å²) >= 11 is 0. The van der Waals surface area contributed by atoms with E-state index in [9.17, 15) is 0 Å². The molecule has 3 rings (SSSR count). The van der Waals surface area contributed by atoms with Gasteiger partial charge in [-0.05, 0) is 47.1 Å². The predicted molar refractivity (Wildman–Crippen MR) is 129 cm³/mol. The van der Waals surface area contributed by atoms with Crippen molar-refractivity contribution >= 4 is 35.2 Å². The quantitative estimate of drug-likeness (QED) is 0.400. The first-order chi connectivity index (χ1) is 13.4. The number of rotatable bonds is 6. The van der Waals surface area contributed by atoms with E-state index < -0.39 is 0 Å². The van der Waals surface area contributed by atoms with E-state index in [1.54, 1.807) is 0 Å². The van der Waals surface area contributed by atoms with Crippen LogP contribution < -0.4 is 5.46 Å². The van der Waals surface area contributed by atoms with Crippen LogP contribution in [0.25, 0.3) is 21.9 Å². The average molecular weight is 388 g/mol. The Morgan fingerprint density at radius 3 is 1.59 bits per heavy atom. The monoisotopic (exact) mass is 388 g/mol. The van der Waals surface area contributed by atoms with Gasteiger partial charge in [-0.1, -0.05) is 86.0 Å². The molecule has 1 aromatic heterocycles. The van der Waals surface area contributed by atoms with Gasteiger partial charge in [0.25, 0.3) is 0 Å². The predicted octanol–water partition coefficient (Wildman–Crippen LogP) is 7.44. The standard InChI is InChI=1S/C27H37BO/c1-10-25(4,5)17-13-19-20-15-18(28)16-22(27(8,9)12-3)24(20)29-23(19)21(14-17)26(6,7)11-2/h13-16H,10-12H2,1-9H3. The van der Waals surface area contributed by atoms with Crippen molar-refractivity contribution in [3.8, 4) is 0 Å². The van der Waals surface area contributed by atoms with Crippen LogP contribution in [0.4, 0.5) is 0 Å². The van der Waals surface area contributed by atoms with Gasteiger partial charge in [-0.15, -0.1) is 0 Å². The van der Waals surface area contributed by atoms with Gasteiger partial charge >= 0.3 is 0 Å². The van der Waals surface area contributed by atoms with Crippen molar-refractivity contribution in [2.45, 2.75) is 97.8 Å². The molecule has 1 nitrogen and oxygen atoms in total. The number of hydrogen-bond donors (Lipinski definition) is 0. The third-order valence-corrected chi connectivity index (χ3v) is 7.59. The minimum absolute atomic E-state index is 0.00740. The van der Waals surface area contributed by atoms with E-state index in [1.165, 1.54) is 22.1 Å². The average Bonchev–Trinajstić information content (AvgIpc) is 3.04. The minimum Gasteiger partial charge on any atom is -0.455 e. The van der Waals surface area contributed by atoms with Gasteiger partial charge in [-0.2, -0.15) is 0 Å². The van der Waals surface area contributed by atoms with Crippen LogP contribution in [-0.4, -0.2) is 7.85 Å². The Labute approximate surface area is 178 Å². The summed E-state index contributed by atoms with van der Waals surface area (Å²) in [6.07, 6.45) is 3.19. The van der Waals surface area contributed by atoms with Gasteiger partial charge in [0.15, 0.2) is 0 Å². The van der Waals surface area contributed by atoms with Crippen molar-refractivity contribution in [3.63, 3.8) is 0 Å². The first-order valence-corrected chi connectivity index (χ1v) is 11.2. The normalized spacial score (nSPS) is 13.6. The maximum atomic E-state index is 6.69. The molecule has 0 saturated heterocycles. The largest absolute Gasteiger partial charge is 0.455 e. The summed E-state index contributed by atoms with van der Waals surface area (Å²) in [5.74, 6) is 0. The van der Waals surface area contributed by atoms with E-state index in [0.29, 0.717) is 0 Å². The van der Waals surface area contributed by atoms with E-state index in [2.05, 4.69) is 86.6 Å². The van der Waals surface area contributed by atoms with Gasteiger partial charge in [0.2, 0.25) is 0 Å². The van der Waals surface area contributed by atoms with Crippen molar-refractivity contribution < 1.29 is 4.42 Å². The lowest BCUT2D eigenvalue weighted by Gasteiger charge is -2.28. The van der Waals surface area contributed by atoms with E-state index in [1.807, 2.05) is 0 Å². The minimum atomic E-state index is 0.00740. The van der Waals surface area contributed by atoms with Gasteiger partial charge in [-0.25, -0.2) is 0 Å². The highest BCUT2D eigenvalue weighted by molar-refractivity contribution is 6.34. The lowest BCUT2D eigenvalue weighted by molar-refractivity contribution is 0.483. The van der Waals surface area contributed by atoms with Gasteiger partial charge in [0.1, 0.15) is 19.0 Å². The third kappa shape index (κ3) is 3.64. The van der Waals surface area contributed by atoms with Crippen LogP contribution in [0, 0.1) is 0 Å². The second-order valence-electron chi connectivity index (χ2n) is 10.7. The molecule has 154 valence electrons. The molecule has 0 saturated carbocycles. The molecule has 0 aliphatic carbocycles. The summed E-state index contributed by atoms with van der Waals surface area (Å²) in [6.45, 7) is 20.6. The molecule has 0 fully saturated rings. The summed E-state index contributed by atoms with van der Waals surface area (Å²) in [6, 6.07) is 8.95. The van der Waals surface area contributed by atoms with Crippen LogP contribution in [0.15, 0.2) is 28.7 Å². The number of benzene rings is 2. The number of hydrogen-bond acceptors (Lipinski definition) is 1. The second-order valence-corrected chi connectivity index (χ2v) is 10.7. The molecule has 0 N–H and O–H groups in total. The van der Waals surface area contributed by atoms with Crippen LogP contribution >= 0.6 is 0 Å². The van der Waals surface area contributed by atoms with Crippen molar-refractivity contribution in [2.75, 3.05) is 0 Å². The maximum absolute atomic E-state index is 6.69. The van der Waals surface area contributed by atoms with Gasteiger partial charge in [-0.3, -0.25) is 0 Å². The molecule has 2 heteroatoms. The molecule has 2 aromatic carbocycles. The van der Waals surface area contributed by atoms with Crippen molar-refractivity contribution in [3.05, 3.63) is 41.0 Å². The van der Waals surface area contributed by atoms with Crippen LogP contribution in [0.2, 0.25) is 0 Å². The van der Waals surface area contributed by atoms with E-state index in [0.717, 1.165) is 41.3 Å². The third-order valence-electron chi connectivity index (χ3n) is 7.59. The topological polar surface area (TPSA) is 13.1 Å². The molecule has 0 spiro atoms. The zero-order valence-corrected chi connectivity index (χ0v) is 19.9. The maximum Gasteiger partial charge on any atom is 0.139 e. The smallest absolute Gasteiger partial charge is 0.139 e. The molecule has 0 amide bonds. The van der Waals surface area contributed by atoms with Crippen LogP contribution in [0.3, 0.4) is 0 Å². The Hall–Kier alpha value is -1.70. The summed E-state index contributed by atoms with van der Waals surface area (Å²) in [7, 11) is 6.38. The summed E-state index contributed by atoms with van der Waals surface area (Å²) in [4.78, 5) is 0. The number of fused-ring (bicyclic) bond motifs is 3. The lowest BCUT2D eigenvalue weighted by atomic mass is 9.75. The molecule has 1 heterocycles. The highest BCUT2D eigenvalue weighted by atomic mass is 16.3. The van der Waals surface area contributed by atoms with Crippen LogP contribution in [0.5, 0.6) is 0 Å². The molecule has 2 radical (unpaired) electrons. The van der Waals surface area contributed by atoms with Crippen LogP contribution in [0.1, 0.15) is 98.3 Å². The van der Waals surface area contributed by atoms with E-state index >= 15 is 0 Å². The Kier molecular flexibility index (Phi) is 5.48. The Morgan fingerprint density at radius 1 is 0.655 bits per heavy atom. The molecule has 0 aliphatic rings. The summed E-state index contributed by atoms with van der Waals surface area (Å²) in [5, 5.41) is 2.36. The Balaban J connectivity index is 2.52. The van der Waals surface area contributed by atoms with Gasteiger partial charge < -0.3 is 4.42 Å². The molecule has 29 heavy (non-hydrogen) atoms. The second kappa shape index (κ2) is 7.22. The lowest BCUT2D eigenvalue weighted by Crippen LogP contribution is -2.20. The zero-order valence-electron chi connectivity index (χ0n) is 19.9. The van der Waals surface area contributed by atoms with Crippen LogP contribution in [-0.2, 0) is 16.2 Å². The highest BCUT2D eigenvalue weighted by Gasteiger charge is 2.30. The fraction of sp³-hybridized carbons (Fsp3) is 0.556. The first kappa shape index (κ1) is 22.0. The molecule has 0 bridgehead atoms. The zero-order chi connectivity index (χ0) is 21.8. The summed E-state index contributed by atoms with van der Waals surface area (Å²) in [5.41, 5.74) is 6.90. The highest BCUT2D eigenvalue weighted by Crippen LogP contribution is 2.44. The number of furan rings is 1. The van der Waals surface area contributed by atoms with Crippen molar-refractivity contribution in [1.29, 1.82) is 0 Å².